The number of aromatic hydroxyl groups is 1. The summed E-state index contributed by atoms with van der Waals surface area (Å²) in [4.78, 5) is 16.9. The third-order valence-corrected chi connectivity index (χ3v) is 6.99. The molecule has 0 bridgehead atoms. The van der Waals surface area contributed by atoms with Crippen LogP contribution in [0.5, 0.6) is 5.75 Å². The standard InChI is InChI=1S/C22H22N4O6S/c1-12-13(2)25-32-21(12)26-33(30,31)16-9-7-15(8-10-16)23-24-18-11-14-5-3-4-6-17(14)19(20(18)27)22(28)29/h3-13,21,25-27H,1-2H3,(H,28,29)/t12-,13+,21+/m1/s1. The van der Waals surface area contributed by atoms with Crippen LogP contribution in [0.15, 0.2) is 69.7 Å². The fourth-order valence-corrected chi connectivity index (χ4v) is 4.63. The average molecular weight is 471 g/mol. The van der Waals surface area contributed by atoms with Gasteiger partial charge in [-0.3, -0.25) is 4.84 Å². The number of sulfonamides is 1. The molecule has 0 aliphatic carbocycles. The molecule has 0 radical (unpaired) electrons. The Kier molecular flexibility index (Phi) is 6.13. The number of benzene rings is 3. The minimum Gasteiger partial charge on any atom is -0.505 e. The second kappa shape index (κ2) is 8.87. The van der Waals surface area contributed by atoms with Crippen molar-refractivity contribution in [1.82, 2.24) is 10.2 Å². The van der Waals surface area contributed by atoms with Gasteiger partial charge in [0.25, 0.3) is 0 Å². The van der Waals surface area contributed by atoms with Crippen molar-refractivity contribution >= 4 is 38.1 Å². The molecule has 0 unspecified atom stereocenters. The van der Waals surface area contributed by atoms with Crippen LogP contribution >= 0.6 is 0 Å². The Morgan fingerprint density at radius 1 is 1.09 bits per heavy atom. The third-order valence-electron chi connectivity index (χ3n) is 5.55. The smallest absolute Gasteiger partial charge is 0.340 e. The number of hydrogen-bond donors (Lipinski definition) is 4. The number of rotatable bonds is 6. The third kappa shape index (κ3) is 4.57. The van der Waals surface area contributed by atoms with Crippen LogP contribution in [0.25, 0.3) is 10.8 Å². The molecule has 172 valence electrons. The molecule has 0 saturated carbocycles. The van der Waals surface area contributed by atoms with Gasteiger partial charge in [-0.05, 0) is 42.6 Å². The van der Waals surface area contributed by atoms with Crippen molar-refractivity contribution in [3.63, 3.8) is 0 Å². The van der Waals surface area contributed by atoms with E-state index in [1.165, 1.54) is 30.3 Å². The number of hydrogen-bond acceptors (Lipinski definition) is 8. The van der Waals surface area contributed by atoms with Crippen molar-refractivity contribution in [2.24, 2.45) is 16.1 Å². The highest BCUT2D eigenvalue weighted by Gasteiger charge is 2.34. The number of azo groups is 1. The molecule has 33 heavy (non-hydrogen) atoms. The van der Waals surface area contributed by atoms with Gasteiger partial charge >= 0.3 is 5.97 Å². The summed E-state index contributed by atoms with van der Waals surface area (Å²) in [6.45, 7) is 3.77. The highest BCUT2D eigenvalue weighted by atomic mass is 32.2. The summed E-state index contributed by atoms with van der Waals surface area (Å²) in [6.07, 6.45) is -0.691. The van der Waals surface area contributed by atoms with Gasteiger partial charge in [-0.15, -0.1) is 5.11 Å². The fourth-order valence-electron chi connectivity index (χ4n) is 3.43. The number of carboxylic acids is 1. The molecular weight excluding hydrogens is 448 g/mol. The first kappa shape index (κ1) is 22.8. The van der Waals surface area contributed by atoms with Gasteiger partial charge < -0.3 is 10.2 Å². The minimum absolute atomic E-state index is 0.00801. The van der Waals surface area contributed by atoms with Gasteiger partial charge in [0.1, 0.15) is 17.5 Å². The first-order chi connectivity index (χ1) is 15.7. The highest BCUT2D eigenvalue weighted by Crippen LogP contribution is 2.37. The Morgan fingerprint density at radius 2 is 1.79 bits per heavy atom. The maximum absolute atomic E-state index is 12.6. The van der Waals surface area contributed by atoms with Crippen molar-refractivity contribution < 1.29 is 28.3 Å². The highest BCUT2D eigenvalue weighted by molar-refractivity contribution is 7.89. The topological polar surface area (TPSA) is 150 Å². The first-order valence-corrected chi connectivity index (χ1v) is 11.6. The lowest BCUT2D eigenvalue weighted by atomic mass is 10.0. The molecule has 1 saturated heterocycles. The number of carbonyl (C=O) groups is 1. The number of aromatic carboxylic acids is 1. The number of phenols is 1. The maximum atomic E-state index is 12.6. The van der Waals surface area contributed by atoms with Gasteiger partial charge in [-0.1, -0.05) is 31.2 Å². The van der Waals surface area contributed by atoms with Crippen LogP contribution in [-0.4, -0.2) is 36.9 Å². The Morgan fingerprint density at radius 3 is 2.42 bits per heavy atom. The molecule has 11 heteroatoms. The molecule has 3 aromatic rings. The monoisotopic (exact) mass is 470 g/mol. The van der Waals surface area contributed by atoms with Crippen molar-refractivity contribution in [1.29, 1.82) is 0 Å². The van der Waals surface area contributed by atoms with Gasteiger partial charge in [0.05, 0.1) is 10.6 Å². The predicted molar refractivity (Wildman–Crippen MR) is 120 cm³/mol. The quantitative estimate of drug-likeness (QED) is 0.400. The molecule has 1 aliphatic heterocycles. The van der Waals surface area contributed by atoms with E-state index in [1.54, 1.807) is 24.3 Å². The Balaban J connectivity index is 1.57. The van der Waals surface area contributed by atoms with Crippen LogP contribution in [0.2, 0.25) is 0 Å². The van der Waals surface area contributed by atoms with E-state index in [-0.39, 0.29) is 28.1 Å². The second-order valence-corrected chi connectivity index (χ2v) is 9.48. The zero-order valence-corrected chi connectivity index (χ0v) is 18.6. The number of fused-ring (bicyclic) bond motifs is 1. The Bertz CT molecular complexity index is 1340. The molecule has 4 rings (SSSR count). The maximum Gasteiger partial charge on any atom is 0.340 e. The summed E-state index contributed by atoms with van der Waals surface area (Å²) >= 11 is 0. The summed E-state index contributed by atoms with van der Waals surface area (Å²) in [5, 5.41) is 28.9. The molecule has 3 aromatic carbocycles. The van der Waals surface area contributed by atoms with Crippen LogP contribution < -0.4 is 10.2 Å². The summed E-state index contributed by atoms with van der Waals surface area (Å²) in [5.41, 5.74) is 2.79. The van der Waals surface area contributed by atoms with Crippen LogP contribution in [0.3, 0.4) is 0 Å². The fraction of sp³-hybridized carbons (Fsp3) is 0.227. The largest absolute Gasteiger partial charge is 0.505 e. The van der Waals surface area contributed by atoms with Gasteiger partial charge in [0.2, 0.25) is 10.0 Å². The van der Waals surface area contributed by atoms with Crippen molar-refractivity contribution in [3.05, 3.63) is 60.2 Å². The van der Waals surface area contributed by atoms with Gasteiger partial charge in [-0.25, -0.2) is 13.2 Å². The van der Waals surface area contributed by atoms with Crippen molar-refractivity contribution in [2.75, 3.05) is 0 Å². The van der Waals surface area contributed by atoms with Crippen LogP contribution in [-0.2, 0) is 14.9 Å². The normalized spacial score (nSPS) is 21.1. The summed E-state index contributed by atoms with van der Waals surface area (Å²) in [7, 11) is -3.82. The van der Waals surface area contributed by atoms with E-state index in [9.17, 15) is 23.4 Å². The molecule has 0 amide bonds. The Labute approximate surface area is 189 Å². The van der Waals surface area contributed by atoms with Crippen molar-refractivity contribution in [2.45, 2.75) is 31.0 Å². The SMILES string of the molecule is C[C@@H]1[C@H](C)NO[C@@H]1NS(=O)(=O)c1ccc(N=Nc2cc3ccccc3c(C(=O)O)c2O)cc1. The van der Waals surface area contributed by atoms with E-state index in [4.69, 9.17) is 4.84 Å². The first-order valence-electron chi connectivity index (χ1n) is 10.1. The van der Waals surface area contributed by atoms with Crippen LogP contribution in [0.1, 0.15) is 24.2 Å². The number of carboxylic acid groups (broad SMARTS) is 1. The van der Waals surface area contributed by atoms with E-state index in [2.05, 4.69) is 20.4 Å². The minimum atomic E-state index is -3.82. The molecule has 10 nitrogen and oxygen atoms in total. The van der Waals surface area contributed by atoms with Gasteiger partial charge in [0, 0.05) is 17.3 Å². The number of hydroxylamine groups is 1. The summed E-state index contributed by atoms with van der Waals surface area (Å²) < 4.78 is 27.8. The number of nitrogens with one attached hydrogen (secondary N) is 2. The molecule has 1 aliphatic rings. The molecular formula is C22H22N4O6S. The average Bonchev–Trinajstić information content (AvgIpc) is 3.09. The number of nitrogens with zero attached hydrogens (tertiary/aromatic N) is 2. The lowest BCUT2D eigenvalue weighted by Gasteiger charge is -2.16. The zero-order valence-electron chi connectivity index (χ0n) is 17.8. The summed E-state index contributed by atoms with van der Waals surface area (Å²) in [6, 6.07) is 13.9. The van der Waals surface area contributed by atoms with E-state index in [0.29, 0.717) is 16.5 Å². The molecule has 1 fully saturated rings. The second-order valence-electron chi connectivity index (χ2n) is 7.76. The van der Waals surface area contributed by atoms with E-state index >= 15 is 0 Å². The molecule has 4 N–H and O–H groups in total. The van der Waals surface area contributed by atoms with Crippen molar-refractivity contribution in [3.8, 4) is 5.75 Å². The summed E-state index contributed by atoms with van der Waals surface area (Å²) in [5.74, 6) is -1.84. The van der Waals surface area contributed by atoms with E-state index in [0.717, 1.165) is 0 Å². The molecule has 3 atom stereocenters. The molecule has 0 aromatic heterocycles. The lowest BCUT2D eigenvalue weighted by molar-refractivity contribution is 0.0148. The van der Waals surface area contributed by atoms with E-state index < -0.39 is 28.0 Å². The Hall–Kier alpha value is -3.38. The molecule has 1 heterocycles. The van der Waals surface area contributed by atoms with Crippen LogP contribution in [0, 0.1) is 5.92 Å². The zero-order chi connectivity index (χ0) is 23.8. The predicted octanol–water partition coefficient (Wildman–Crippen LogP) is 3.82. The molecule has 0 spiro atoms. The van der Waals surface area contributed by atoms with E-state index in [1.807, 2.05) is 13.8 Å². The van der Waals surface area contributed by atoms with Gasteiger partial charge in [-0.2, -0.15) is 15.3 Å². The van der Waals surface area contributed by atoms with Gasteiger partial charge in [0.15, 0.2) is 5.75 Å². The lowest BCUT2D eigenvalue weighted by Crippen LogP contribution is -2.38. The van der Waals surface area contributed by atoms with Crippen LogP contribution in [0.4, 0.5) is 11.4 Å².